The van der Waals surface area contributed by atoms with Gasteiger partial charge >= 0.3 is 12.0 Å². The molecule has 1 aliphatic carbocycles. The van der Waals surface area contributed by atoms with Crippen LogP contribution >= 0.6 is 0 Å². The summed E-state index contributed by atoms with van der Waals surface area (Å²) < 4.78 is 0. The monoisotopic (exact) mass is 276 g/mol. The van der Waals surface area contributed by atoms with Crippen molar-refractivity contribution < 1.29 is 14.7 Å². The molecule has 1 saturated carbocycles. The summed E-state index contributed by atoms with van der Waals surface area (Å²) >= 11 is 0. The van der Waals surface area contributed by atoms with Crippen molar-refractivity contribution in [3.63, 3.8) is 0 Å². The van der Waals surface area contributed by atoms with E-state index in [1.54, 1.807) is 24.3 Å². The van der Waals surface area contributed by atoms with Gasteiger partial charge in [0.25, 0.3) is 0 Å². The highest BCUT2D eigenvalue weighted by atomic mass is 16.4. The smallest absolute Gasteiger partial charge is 0.335 e. The third kappa shape index (κ3) is 3.98. The van der Waals surface area contributed by atoms with Gasteiger partial charge in [-0.05, 0) is 36.8 Å². The number of carboxylic acids is 1. The summed E-state index contributed by atoms with van der Waals surface area (Å²) in [5.41, 5.74) is 1.03. The first-order valence-corrected chi connectivity index (χ1v) is 6.99. The van der Waals surface area contributed by atoms with E-state index in [2.05, 4.69) is 10.6 Å². The third-order valence-corrected chi connectivity index (χ3v) is 3.70. The van der Waals surface area contributed by atoms with Crippen LogP contribution in [0.2, 0.25) is 0 Å². The number of carboxylic acid groups (broad SMARTS) is 1. The van der Waals surface area contributed by atoms with Gasteiger partial charge in [0.15, 0.2) is 0 Å². The molecule has 5 heteroatoms. The molecular formula is C15H20N2O3. The zero-order chi connectivity index (χ0) is 14.4. The van der Waals surface area contributed by atoms with Gasteiger partial charge in [-0.3, -0.25) is 0 Å². The Morgan fingerprint density at radius 2 is 1.95 bits per heavy atom. The molecule has 2 rings (SSSR count). The third-order valence-electron chi connectivity index (χ3n) is 3.70. The molecule has 2 amide bonds. The van der Waals surface area contributed by atoms with Crippen molar-refractivity contribution in [1.82, 2.24) is 10.6 Å². The molecule has 0 saturated heterocycles. The van der Waals surface area contributed by atoms with Crippen LogP contribution in [0.15, 0.2) is 24.3 Å². The molecule has 1 aliphatic rings. The van der Waals surface area contributed by atoms with E-state index in [1.165, 1.54) is 19.3 Å². The van der Waals surface area contributed by atoms with Crippen LogP contribution < -0.4 is 10.6 Å². The summed E-state index contributed by atoms with van der Waals surface area (Å²) in [4.78, 5) is 22.6. The van der Waals surface area contributed by atoms with Crippen molar-refractivity contribution in [3.8, 4) is 0 Å². The maximum absolute atomic E-state index is 11.6. The Morgan fingerprint density at radius 1 is 1.20 bits per heavy atom. The summed E-state index contributed by atoms with van der Waals surface area (Å²) in [6.45, 7) is 1.17. The minimum atomic E-state index is -0.935. The van der Waals surface area contributed by atoms with E-state index in [1.807, 2.05) is 0 Å². The molecule has 1 fully saturated rings. The van der Waals surface area contributed by atoms with Crippen molar-refractivity contribution in [2.45, 2.75) is 25.7 Å². The van der Waals surface area contributed by atoms with Crippen LogP contribution in [0.5, 0.6) is 0 Å². The van der Waals surface area contributed by atoms with E-state index in [0.29, 0.717) is 24.4 Å². The number of carbonyl (C=O) groups is 2. The van der Waals surface area contributed by atoms with Gasteiger partial charge in [0.2, 0.25) is 0 Å². The molecule has 0 bridgehead atoms. The molecular weight excluding hydrogens is 256 g/mol. The second kappa shape index (κ2) is 6.93. The summed E-state index contributed by atoms with van der Waals surface area (Å²) in [6, 6.07) is 6.68. The molecule has 0 aromatic heterocycles. The number of nitrogens with one attached hydrogen (secondary N) is 2. The number of rotatable bonds is 6. The Bertz CT molecular complexity index is 484. The Labute approximate surface area is 118 Å². The topological polar surface area (TPSA) is 78.4 Å². The number of benzene rings is 1. The minimum Gasteiger partial charge on any atom is -0.478 e. The SMILES string of the molecule is O=C(NCCc1ccccc1C(=O)O)NCC1CCC1. The predicted molar refractivity (Wildman–Crippen MR) is 75.8 cm³/mol. The Hall–Kier alpha value is -2.04. The van der Waals surface area contributed by atoms with Crippen LogP contribution in [0, 0.1) is 5.92 Å². The average molecular weight is 276 g/mol. The van der Waals surface area contributed by atoms with Crippen LogP contribution in [0.3, 0.4) is 0 Å². The van der Waals surface area contributed by atoms with Crippen molar-refractivity contribution in [3.05, 3.63) is 35.4 Å². The highest BCUT2D eigenvalue weighted by Crippen LogP contribution is 2.24. The molecule has 108 valence electrons. The van der Waals surface area contributed by atoms with E-state index in [9.17, 15) is 9.59 Å². The number of amides is 2. The molecule has 0 heterocycles. The second-order valence-electron chi connectivity index (χ2n) is 5.15. The summed E-state index contributed by atoms with van der Waals surface area (Å²) in [6.07, 6.45) is 4.18. The Morgan fingerprint density at radius 3 is 2.60 bits per heavy atom. The maximum atomic E-state index is 11.6. The number of carbonyl (C=O) groups excluding carboxylic acids is 1. The molecule has 0 radical (unpaired) electrons. The lowest BCUT2D eigenvalue weighted by Crippen LogP contribution is -2.40. The van der Waals surface area contributed by atoms with E-state index in [0.717, 1.165) is 12.1 Å². The first kappa shape index (κ1) is 14.4. The molecule has 0 unspecified atom stereocenters. The van der Waals surface area contributed by atoms with Gasteiger partial charge in [-0.25, -0.2) is 9.59 Å². The average Bonchev–Trinajstić information content (AvgIpc) is 2.37. The molecule has 3 N–H and O–H groups in total. The standard InChI is InChI=1S/C15H20N2O3/c18-14(19)13-7-2-1-6-12(13)8-9-16-15(20)17-10-11-4-3-5-11/h1-2,6-7,11H,3-5,8-10H2,(H,18,19)(H2,16,17,20). The molecule has 0 aliphatic heterocycles. The summed E-state index contributed by atoms with van der Waals surface area (Å²) in [7, 11) is 0. The van der Waals surface area contributed by atoms with E-state index < -0.39 is 5.97 Å². The van der Waals surface area contributed by atoms with Gasteiger partial charge in [-0.15, -0.1) is 0 Å². The fourth-order valence-electron chi connectivity index (χ4n) is 2.25. The van der Waals surface area contributed by atoms with Crippen LogP contribution in [-0.2, 0) is 6.42 Å². The lowest BCUT2D eigenvalue weighted by Gasteiger charge is -2.25. The number of aromatic carboxylic acids is 1. The fourth-order valence-corrected chi connectivity index (χ4v) is 2.25. The fraction of sp³-hybridized carbons (Fsp3) is 0.467. The lowest BCUT2D eigenvalue weighted by atomic mass is 9.85. The van der Waals surface area contributed by atoms with Crippen molar-refractivity contribution in [1.29, 1.82) is 0 Å². The molecule has 1 aromatic rings. The van der Waals surface area contributed by atoms with Crippen molar-refractivity contribution in [2.24, 2.45) is 5.92 Å². The zero-order valence-corrected chi connectivity index (χ0v) is 11.4. The van der Waals surface area contributed by atoms with Crippen LogP contribution in [0.1, 0.15) is 35.2 Å². The van der Waals surface area contributed by atoms with Crippen molar-refractivity contribution >= 4 is 12.0 Å². The van der Waals surface area contributed by atoms with Gasteiger partial charge in [-0.1, -0.05) is 24.6 Å². The first-order chi connectivity index (χ1) is 9.66. The van der Waals surface area contributed by atoms with Crippen molar-refractivity contribution in [2.75, 3.05) is 13.1 Å². The Kier molecular flexibility index (Phi) is 4.98. The minimum absolute atomic E-state index is 0.176. The van der Waals surface area contributed by atoms with E-state index >= 15 is 0 Å². The van der Waals surface area contributed by atoms with E-state index in [4.69, 9.17) is 5.11 Å². The van der Waals surface area contributed by atoms with Gasteiger partial charge < -0.3 is 15.7 Å². The maximum Gasteiger partial charge on any atom is 0.335 e. The van der Waals surface area contributed by atoms with Gasteiger partial charge in [0, 0.05) is 13.1 Å². The second-order valence-corrected chi connectivity index (χ2v) is 5.15. The van der Waals surface area contributed by atoms with Gasteiger partial charge in [0.05, 0.1) is 5.56 Å². The summed E-state index contributed by atoms with van der Waals surface area (Å²) in [5, 5.41) is 14.7. The normalized spacial score (nSPS) is 14.4. The highest BCUT2D eigenvalue weighted by Gasteiger charge is 2.17. The van der Waals surface area contributed by atoms with Crippen LogP contribution in [0.25, 0.3) is 0 Å². The predicted octanol–water partition coefficient (Wildman–Crippen LogP) is 2.03. The van der Waals surface area contributed by atoms with Gasteiger partial charge in [0.1, 0.15) is 0 Å². The first-order valence-electron chi connectivity index (χ1n) is 6.99. The van der Waals surface area contributed by atoms with Crippen LogP contribution in [-0.4, -0.2) is 30.2 Å². The molecule has 0 spiro atoms. The Balaban J connectivity index is 1.72. The number of urea groups is 1. The lowest BCUT2D eigenvalue weighted by molar-refractivity contribution is 0.0695. The van der Waals surface area contributed by atoms with E-state index in [-0.39, 0.29) is 6.03 Å². The number of hydrogen-bond acceptors (Lipinski definition) is 2. The molecule has 0 atom stereocenters. The molecule has 5 nitrogen and oxygen atoms in total. The zero-order valence-electron chi connectivity index (χ0n) is 11.4. The van der Waals surface area contributed by atoms with Gasteiger partial charge in [-0.2, -0.15) is 0 Å². The highest BCUT2D eigenvalue weighted by molar-refractivity contribution is 5.89. The van der Waals surface area contributed by atoms with Crippen LogP contribution in [0.4, 0.5) is 4.79 Å². The quantitative estimate of drug-likeness (QED) is 0.744. The molecule has 20 heavy (non-hydrogen) atoms. The molecule has 1 aromatic carbocycles. The number of hydrogen-bond donors (Lipinski definition) is 3. The summed E-state index contributed by atoms with van der Waals surface area (Å²) in [5.74, 6) is -0.302. The largest absolute Gasteiger partial charge is 0.478 e.